The molecule has 8 heteroatoms. The van der Waals surface area contributed by atoms with Crippen molar-refractivity contribution in [2.24, 2.45) is 0 Å². The molecule has 3 aromatic rings. The number of ether oxygens (including phenoxy) is 1. The lowest BCUT2D eigenvalue weighted by molar-refractivity contribution is 0.0600. The quantitative estimate of drug-likeness (QED) is 0.660. The molecule has 3 rings (SSSR count). The molecule has 1 heterocycles. The van der Waals surface area contributed by atoms with Crippen LogP contribution in [0.4, 0.5) is 5.69 Å². The first kappa shape index (κ1) is 18.8. The van der Waals surface area contributed by atoms with Crippen molar-refractivity contribution in [2.45, 2.75) is 9.10 Å². The van der Waals surface area contributed by atoms with Crippen LogP contribution in [0.5, 0.6) is 0 Å². The fraction of sp³-hybridized carbons (Fsp3) is 0.0526. The second-order valence-corrected chi connectivity index (χ2v) is 8.72. The molecule has 0 aliphatic heterocycles. The third kappa shape index (κ3) is 4.07. The van der Waals surface area contributed by atoms with Gasteiger partial charge in [0.1, 0.15) is 4.21 Å². The number of hydrogen-bond acceptors (Lipinski definition) is 6. The normalized spacial score (nSPS) is 11.0. The highest BCUT2D eigenvalue weighted by molar-refractivity contribution is 7.93. The summed E-state index contributed by atoms with van der Waals surface area (Å²) in [6, 6.07) is 17.1. The number of anilines is 1. The minimum Gasteiger partial charge on any atom is -0.465 e. The van der Waals surface area contributed by atoms with Crippen molar-refractivity contribution in [3.05, 3.63) is 77.2 Å². The molecule has 1 N–H and O–H groups in total. The van der Waals surface area contributed by atoms with Crippen molar-refractivity contribution in [2.75, 3.05) is 12.4 Å². The van der Waals surface area contributed by atoms with Gasteiger partial charge in [-0.25, -0.2) is 13.2 Å². The maximum absolute atomic E-state index is 12.6. The van der Waals surface area contributed by atoms with Gasteiger partial charge >= 0.3 is 5.97 Å². The van der Waals surface area contributed by atoms with Crippen molar-refractivity contribution in [1.82, 2.24) is 0 Å². The molecule has 0 bridgehead atoms. The van der Waals surface area contributed by atoms with E-state index in [1.54, 1.807) is 30.3 Å². The van der Waals surface area contributed by atoms with Gasteiger partial charge in [-0.2, -0.15) is 0 Å². The molecule has 27 heavy (non-hydrogen) atoms. The summed E-state index contributed by atoms with van der Waals surface area (Å²) in [6.07, 6.45) is 0. The molecule has 0 aliphatic rings. The lowest BCUT2D eigenvalue weighted by atomic mass is 10.2. The molecular weight excluding hydrogens is 386 g/mol. The molecule has 0 unspecified atom stereocenters. The summed E-state index contributed by atoms with van der Waals surface area (Å²) in [6.45, 7) is 0. The molecule has 138 valence electrons. The van der Waals surface area contributed by atoms with Crippen molar-refractivity contribution in [3.63, 3.8) is 0 Å². The molecule has 0 fully saturated rings. The van der Waals surface area contributed by atoms with Gasteiger partial charge in [-0.3, -0.25) is 4.79 Å². The Hall–Kier alpha value is -2.97. The average Bonchev–Trinajstić information content (AvgIpc) is 3.20. The highest BCUT2D eigenvalue weighted by Gasteiger charge is 2.21. The Kier molecular flexibility index (Phi) is 5.38. The molecule has 0 aliphatic carbocycles. The van der Waals surface area contributed by atoms with Gasteiger partial charge in [-0.1, -0.05) is 18.2 Å². The van der Waals surface area contributed by atoms with Gasteiger partial charge in [0.2, 0.25) is 9.84 Å². The predicted octanol–water partition coefficient (Wildman–Crippen LogP) is 3.62. The number of hydrogen-bond donors (Lipinski definition) is 1. The van der Waals surface area contributed by atoms with E-state index in [4.69, 9.17) is 0 Å². The van der Waals surface area contributed by atoms with Crippen LogP contribution in [0.3, 0.4) is 0 Å². The van der Waals surface area contributed by atoms with Gasteiger partial charge in [-0.15, -0.1) is 11.3 Å². The number of nitrogens with one attached hydrogen (secondary N) is 1. The first-order valence-corrected chi connectivity index (χ1v) is 10.1. The largest absolute Gasteiger partial charge is 0.465 e. The lowest BCUT2D eigenvalue weighted by Gasteiger charge is -2.05. The number of thiophene rings is 1. The number of esters is 1. The van der Waals surface area contributed by atoms with Gasteiger partial charge < -0.3 is 10.1 Å². The van der Waals surface area contributed by atoms with Crippen LogP contribution in [0.1, 0.15) is 20.0 Å². The van der Waals surface area contributed by atoms with Crippen molar-refractivity contribution in [1.29, 1.82) is 0 Å². The van der Waals surface area contributed by atoms with Gasteiger partial charge in [0.15, 0.2) is 0 Å². The summed E-state index contributed by atoms with van der Waals surface area (Å²) in [5, 5.41) is 2.67. The fourth-order valence-corrected chi connectivity index (χ4v) is 4.93. The molecule has 2 aromatic carbocycles. The smallest absolute Gasteiger partial charge is 0.337 e. The molecule has 1 aromatic heterocycles. The molecule has 0 spiro atoms. The van der Waals surface area contributed by atoms with Crippen LogP contribution in [-0.2, 0) is 14.6 Å². The summed E-state index contributed by atoms with van der Waals surface area (Å²) in [4.78, 5) is 24.2. The van der Waals surface area contributed by atoms with E-state index in [9.17, 15) is 18.0 Å². The first-order valence-electron chi connectivity index (χ1n) is 7.81. The summed E-state index contributed by atoms with van der Waals surface area (Å²) in [5.74, 6) is -0.901. The molecule has 0 saturated carbocycles. The highest BCUT2D eigenvalue weighted by Crippen LogP contribution is 2.28. The van der Waals surface area contributed by atoms with Crippen molar-refractivity contribution < 1.29 is 22.7 Å². The summed E-state index contributed by atoms with van der Waals surface area (Å²) in [7, 11) is -2.37. The number of sulfone groups is 1. The van der Waals surface area contributed by atoms with E-state index in [0.717, 1.165) is 11.3 Å². The fourth-order valence-electron chi connectivity index (χ4n) is 2.30. The van der Waals surface area contributed by atoms with Gasteiger partial charge in [0, 0.05) is 5.69 Å². The van der Waals surface area contributed by atoms with Gasteiger partial charge in [0.05, 0.1) is 22.4 Å². The minimum atomic E-state index is -3.66. The zero-order chi connectivity index (χ0) is 19.4. The summed E-state index contributed by atoms with van der Waals surface area (Å²) < 4.78 is 29.9. The number of carbonyl (C=O) groups excluding carboxylic acids is 2. The number of amides is 1. The Balaban J connectivity index is 1.76. The average molecular weight is 401 g/mol. The molecule has 1 amide bonds. The summed E-state index contributed by atoms with van der Waals surface area (Å²) >= 11 is 0.900. The van der Waals surface area contributed by atoms with Crippen LogP contribution in [0.25, 0.3) is 0 Å². The standard InChI is InChI=1S/C19H15NO5S2/c1-25-19(22)13-7-9-14(10-8-13)20-18(21)16-11-12-17(26-16)27(23,24)15-5-3-2-4-6-15/h2-12H,1H3,(H,20,21). The minimum absolute atomic E-state index is 0.0971. The first-order chi connectivity index (χ1) is 12.9. The number of carbonyl (C=O) groups is 2. The second kappa shape index (κ2) is 7.73. The molecule has 0 atom stereocenters. The van der Waals surface area contributed by atoms with E-state index < -0.39 is 21.7 Å². The van der Waals surface area contributed by atoms with E-state index in [-0.39, 0.29) is 14.0 Å². The number of methoxy groups -OCH3 is 1. The maximum Gasteiger partial charge on any atom is 0.337 e. The number of rotatable bonds is 5. The Morgan fingerprint density at radius 1 is 0.926 bits per heavy atom. The zero-order valence-electron chi connectivity index (χ0n) is 14.2. The van der Waals surface area contributed by atoms with Crippen molar-refractivity contribution in [3.8, 4) is 0 Å². The van der Waals surface area contributed by atoms with Crippen LogP contribution < -0.4 is 5.32 Å². The molecule has 0 saturated heterocycles. The monoisotopic (exact) mass is 401 g/mol. The van der Waals surface area contributed by atoms with E-state index in [1.165, 1.54) is 43.5 Å². The van der Waals surface area contributed by atoms with Crippen LogP contribution in [0.15, 0.2) is 75.8 Å². The van der Waals surface area contributed by atoms with E-state index in [1.807, 2.05) is 0 Å². The third-order valence-electron chi connectivity index (χ3n) is 3.69. The SMILES string of the molecule is COC(=O)c1ccc(NC(=O)c2ccc(S(=O)(=O)c3ccccc3)s2)cc1. The highest BCUT2D eigenvalue weighted by atomic mass is 32.2. The van der Waals surface area contributed by atoms with Gasteiger partial charge in [-0.05, 0) is 48.5 Å². The Morgan fingerprint density at radius 2 is 1.59 bits per heavy atom. The van der Waals surface area contributed by atoms with Crippen LogP contribution in [-0.4, -0.2) is 27.4 Å². The van der Waals surface area contributed by atoms with Crippen LogP contribution in [0, 0.1) is 0 Å². The molecular formula is C19H15NO5S2. The van der Waals surface area contributed by atoms with E-state index in [0.29, 0.717) is 11.3 Å². The molecule has 0 radical (unpaired) electrons. The molecule has 6 nitrogen and oxygen atoms in total. The zero-order valence-corrected chi connectivity index (χ0v) is 15.8. The summed E-state index contributed by atoms with van der Waals surface area (Å²) in [5.41, 5.74) is 0.844. The van der Waals surface area contributed by atoms with Crippen LogP contribution in [0.2, 0.25) is 0 Å². The topological polar surface area (TPSA) is 89.5 Å². The lowest BCUT2D eigenvalue weighted by Crippen LogP contribution is -2.10. The predicted molar refractivity (Wildman–Crippen MR) is 102 cm³/mol. The van der Waals surface area contributed by atoms with Crippen LogP contribution >= 0.6 is 11.3 Å². The Labute approximate surface area is 160 Å². The van der Waals surface area contributed by atoms with E-state index >= 15 is 0 Å². The Morgan fingerprint density at radius 3 is 2.22 bits per heavy atom. The van der Waals surface area contributed by atoms with Crippen molar-refractivity contribution >= 4 is 38.7 Å². The number of benzene rings is 2. The van der Waals surface area contributed by atoms with Gasteiger partial charge in [0.25, 0.3) is 5.91 Å². The maximum atomic E-state index is 12.6. The van der Waals surface area contributed by atoms with E-state index in [2.05, 4.69) is 10.1 Å². The third-order valence-corrected chi connectivity index (χ3v) is 7.03. The second-order valence-electron chi connectivity index (χ2n) is 5.46. The Bertz CT molecular complexity index is 1070.